The zero-order chi connectivity index (χ0) is 15.7. The zero-order valence-corrected chi connectivity index (χ0v) is 12.7. The van der Waals surface area contributed by atoms with Crippen molar-refractivity contribution in [1.82, 2.24) is 5.43 Å². The van der Waals surface area contributed by atoms with E-state index in [1.165, 1.54) is 11.1 Å². The van der Waals surface area contributed by atoms with Crippen molar-refractivity contribution in [3.05, 3.63) is 69.7 Å². The molecule has 0 radical (unpaired) electrons. The fraction of sp³-hybridized carbons (Fsp3) is 0. The molecule has 2 aromatic rings. The molecule has 0 bridgehead atoms. The first-order chi connectivity index (χ1) is 10.5. The van der Waals surface area contributed by atoms with Gasteiger partial charge in [0.1, 0.15) is 5.57 Å². The Morgan fingerprint density at radius 1 is 0.864 bits per heavy atom. The molecular weight excluding hydrogens is 323 g/mol. The molecule has 4 nitrogen and oxygen atoms in total. The molecule has 3 rings (SSSR count). The maximum absolute atomic E-state index is 12.4. The van der Waals surface area contributed by atoms with Crippen molar-refractivity contribution >= 4 is 46.8 Å². The third-order valence-corrected chi connectivity index (χ3v) is 3.66. The van der Waals surface area contributed by atoms with Crippen LogP contribution in [0.25, 0.3) is 6.08 Å². The predicted molar refractivity (Wildman–Crippen MR) is 86.5 cm³/mol. The van der Waals surface area contributed by atoms with Crippen molar-refractivity contribution in [2.24, 2.45) is 0 Å². The first-order valence-corrected chi connectivity index (χ1v) is 7.18. The number of hydrogen-bond acceptors (Lipinski definition) is 2. The Bertz CT molecular complexity index is 768. The van der Waals surface area contributed by atoms with Crippen LogP contribution in [0, 0.1) is 0 Å². The van der Waals surface area contributed by atoms with Crippen molar-refractivity contribution in [3.8, 4) is 0 Å². The van der Waals surface area contributed by atoms with E-state index in [-0.39, 0.29) is 5.57 Å². The molecule has 1 aliphatic rings. The van der Waals surface area contributed by atoms with Crippen LogP contribution in [0.3, 0.4) is 0 Å². The maximum Gasteiger partial charge on any atom is 0.282 e. The van der Waals surface area contributed by atoms with E-state index < -0.39 is 11.8 Å². The second kappa shape index (κ2) is 5.83. The number of nitrogens with zero attached hydrogens (tertiary/aromatic N) is 1. The lowest BCUT2D eigenvalue weighted by Gasteiger charge is -2.14. The lowest BCUT2D eigenvalue weighted by atomic mass is 10.1. The molecule has 0 saturated carbocycles. The fourth-order valence-corrected chi connectivity index (χ4v) is 2.31. The molecule has 0 aromatic heterocycles. The third-order valence-electron chi connectivity index (χ3n) is 3.16. The first-order valence-electron chi connectivity index (χ1n) is 6.43. The summed E-state index contributed by atoms with van der Waals surface area (Å²) in [5, 5.41) is 2.34. The minimum atomic E-state index is -0.449. The quantitative estimate of drug-likeness (QED) is 0.676. The lowest BCUT2D eigenvalue weighted by Crippen LogP contribution is -2.35. The number of hydrazine groups is 1. The van der Waals surface area contributed by atoms with E-state index >= 15 is 0 Å². The van der Waals surface area contributed by atoms with E-state index in [1.54, 1.807) is 48.5 Å². The van der Waals surface area contributed by atoms with E-state index in [4.69, 9.17) is 23.2 Å². The highest BCUT2D eigenvalue weighted by Gasteiger charge is 2.34. The van der Waals surface area contributed by atoms with Crippen LogP contribution in [0.2, 0.25) is 10.0 Å². The fourth-order valence-electron chi connectivity index (χ4n) is 2.06. The zero-order valence-electron chi connectivity index (χ0n) is 11.2. The molecule has 1 heterocycles. The molecule has 1 aliphatic heterocycles. The van der Waals surface area contributed by atoms with Crippen LogP contribution >= 0.6 is 23.2 Å². The normalized spacial score (nSPS) is 16.3. The van der Waals surface area contributed by atoms with E-state index in [9.17, 15) is 9.59 Å². The molecular formula is C16H10Cl2N2O2. The molecule has 110 valence electrons. The summed E-state index contributed by atoms with van der Waals surface area (Å²) in [6.45, 7) is 0. The second-order valence-electron chi connectivity index (χ2n) is 4.67. The number of benzene rings is 2. The van der Waals surface area contributed by atoms with Gasteiger partial charge in [-0.3, -0.25) is 15.0 Å². The smallest absolute Gasteiger partial charge is 0.267 e. The summed E-state index contributed by atoms with van der Waals surface area (Å²) in [6, 6.07) is 13.5. The Balaban J connectivity index is 1.91. The Kier molecular flexibility index (Phi) is 3.88. The van der Waals surface area contributed by atoms with Crippen LogP contribution in [-0.4, -0.2) is 11.8 Å². The van der Waals surface area contributed by atoms with Gasteiger partial charge in [0.2, 0.25) is 0 Å². The van der Waals surface area contributed by atoms with Crippen LogP contribution < -0.4 is 10.4 Å². The van der Waals surface area contributed by atoms with Crippen molar-refractivity contribution < 1.29 is 9.59 Å². The van der Waals surface area contributed by atoms with Gasteiger partial charge in [-0.05, 0) is 48.0 Å². The minimum absolute atomic E-state index is 0.0669. The number of hydrogen-bond donors (Lipinski definition) is 1. The Hall–Kier alpha value is -2.30. The van der Waals surface area contributed by atoms with Gasteiger partial charge in [0, 0.05) is 10.0 Å². The molecule has 0 aliphatic carbocycles. The first kappa shape index (κ1) is 14.6. The summed E-state index contributed by atoms with van der Waals surface area (Å²) in [6.07, 6.45) is 1.53. The van der Waals surface area contributed by atoms with Crippen LogP contribution in [0.4, 0.5) is 5.69 Å². The Labute approximate surface area is 136 Å². The van der Waals surface area contributed by atoms with E-state index in [0.29, 0.717) is 15.7 Å². The number of carbonyl (C=O) groups is 2. The van der Waals surface area contributed by atoms with Crippen LogP contribution in [0.5, 0.6) is 0 Å². The van der Waals surface area contributed by atoms with Crippen LogP contribution in [0.1, 0.15) is 5.56 Å². The molecule has 6 heteroatoms. The van der Waals surface area contributed by atoms with Crippen LogP contribution in [0.15, 0.2) is 54.1 Å². The summed E-state index contributed by atoms with van der Waals surface area (Å²) in [4.78, 5) is 24.4. The number of rotatable bonds is 2. The third kappa shape index (κ3) is 2.84. The highest BCUT2D eigenvalue weighted by Crippen LogP contribution is 2.23. The van der Waals surface area contributed by atoms with Crippen molar-refractivity contribution in [2.75, 3.05) is 5.01 Å². The highest BCUT2D eigenvalue weighted by atomic mass is 35.5. The standard InChI is InChI=1S/C16H10Cl2N2O2/c17-11-3-1-10(2-4-11)9-14-15(21)19-20(16(14)22)13-7-5-12(18)6-8-13/h1-9H,(H,19,21). The number of halogens is 2. The van der Waals surface area contributed by atoms with Crippen molar-refractivity contribution in [3.63, 3.8) is 0 Å². The largest absolute Gasteiger partial charge is 0.282 e. The topological polar surface area (TPSA) is 49.4 Å². The molecule has 22 heavy (non-hydrogen) atoms. The van der Waals surface area contributed by atoms with E-state index in [0.717, 1.165) is 5.56 Å². The number of nitrogens with one attached hydrogen (secondary N) is 1. The predicted octanol–water partition coefficient (Wildman–Crippen LogP) is 3.45. The molecule has 1 N–H and O–H groups in total. The van der Waals surface area contributed by atoms with Gasteiger partial charge < -0.3 is 0 Å². The lowest BCUT2D eigenvalue weighted by molar-refractivity contribution is -0.117. The average molecular weight is 333 g/mol. The van der Waals surface area contributed by atoms with Gasteiger partial charge in [-0.2, -0.15) is 0 Å². The summed E-state index contributed by atoms with van der Waals surface area (Å²) in [5.41, 5.74) is 3.86. The van der Waals surface area contributed by atoms with Gasteiger partial charge >= 0.3 is 0 Å². The molecule has 2 amide bonds. The van der Waals surface area contributed by atoms with Gasteiger partial charge in [-0.1, -0.05) is 35.3 Å². The summed E-state index contributed by atoms with van der Waals surface area (Å²) >= 11 is 11.6. The van der Waals surface area contributed by atoms with Gasteiger partial charge in [0.25, 0.3) is 11.8 Å². The van der Waals surface area contributed by atoms with Crippen LogP contribution in [-0.2, 0) is 9.59 Å². The van der Waals surface area contributed by atoms with Gasteiger partial charge in [-0.25, -0.2) is 5.01 Å². The molecule has 1 saturated heterocycles. The molecule has 1 fully saturated rings. The summed E-state index contributed by atoms with van der Waals surface area (Å²) in [5.74, 6) is -0.864. The highest BCUT2D eigenvalue weighted by molar-refractivity contribution is 6.32. The van der Waals surface area contributed by atoms with E-state index in [1.807, 2.05) is 0 Å². The Morgan fingerprint density at radius 2 is 1.41 bits per heavy atom. The number of carbonyl (C=O) groups excluding carboxylic acids is 2. The minimum Gasteiger partial charge on any atom is -0.267 e. The molecule has 0 unspecified atom stereocenters. The molecule has 2 aromatic carbocycles. The summed E-state index contributed by atoms with van der Waals surface area (Å²) < 4.78 is 0. The van der Waals surface area contributed by atoms with E-state index in [2.05, 4.69) is 5.43 Å². The van der Waals surface area contributed by atoms with Gasteiger partial charge in [0.05, 0.1) is 5.69 Å². The molecule has 0 atom stereocenters. The Morgan fingerprint density at radius 3 is 2.00 bits per heavy atom. The van der Waals surface area contributed by atoms with Crippen molar-refractivity contribution in [2.45, 2.75) is 0 Å². The van der Waals surface area contributed by atoms with Gasteiger partial charge in [0.15, 0.2) is 0 Å². The average Bonchev–Trinajstić information content (AvgIpc) is 2.78. The SMILES string of the molecule is O=C1NN(c2ccc(Cl)cc2)C(=O)C1=Cc1ccc(Cl)cc1. The number of amides is 2. The number of anilines is 1. The van der Waals surface area contributed by atoms with Crippen molar-refractivity contribution in [1.29, 1.82) is 0 Å². The molecule has 0 spiro atoms. The monoisotopic (exact) mass is 332 g/mol. The maximum atomic E-state index is 12.4. The second-order valence-corrected chi connectivity index (χ2v) is 5.54. The summed E-state index contributed by atoms with van der Waals surface area (Å²) in [7, 11) is 0. The van der Waals surface area contributed by atoms with Gasteiger partial charge in [-0.15, -0.1) is 0 Å².